The fourth-order valence-electron chi connectivity index (χ4n) is 1.14. The van der Waals surface area contributed by atoms with Gasteiger partial charge in [0.1, 0.15) is 11.9 Å². The third kappa shape index (κ3) is 2.30. The third-order valence-corrected chi connectivity index (χ3v) is 2.48. The van der Waals surface area contributed by atoms with Gasteiger partial charge in [0.25, 0.3) is 0 Å². The van der Waals surface area contributed by atoms with Gasteiger partial charge in [0.15, 0.2) is 0 Å². The second kappa shape index (κ2) is 4.53. The van der Waals surface area contributed by atoms with Crippen molar-refractivity contribution in [3.8, 4) is 6.07 Å². The van der Waals surface area contributed by atoms with Crippen molar-refractivity contribution in [2.24, 2.45) is 0 Å². The Kier molecular flexibility index (Phi) is 2.90. The van der Waals surface area contributed by atoms with Crippen LogP contribution in [0.1, 0.15) is 11.3 Å². The Bertz CT molecular complexity index is 472. The second-order valence-electron chi connectivity index (χ2n) is 2.84. The summed E-state index contributed by atoms with van der Waals surface area (Å²) in [6.45, 7) is 0.592. The van der Waals surface area contributed by atoms with E-state index in [1.165, 1.54) is 0 Å². The van der Waals surface area contributed by atoms with Crippen molar-refractivity contribution in [1.82, 2.24) is 9.97 Å². The highest BCUT2D eigenvalue weighted by atomic mass is 32.1. The van der Waals surface area contributed by atoms with Crippen molar-refractivity contribution < 1.29 is 0 Å². The molecule has 0 aliphatic heterocycles. The Morgan fingerprint density at radius 1 is 1.47 bits per heavy atom. The van der Waals surface area contributed by atoms with E-state index in [0.29, 0.717) is 17.9 Å². The lowest BCUT2D eigenvalue weighted by atomic mass is 10.3. The first-order valence-electron chi connectivity index (χ1n) is 4.36. The van der Waals surface area contributed by atoms with Gasteiger partial charge in [-0.15, -0.1) is 11.3 Å². The van der Waals surface area contributed by atoms with E-state index in [1.807, 2.05) is 5.38 Å². The van der Waals surface area contributed by atoms with Gasteiger partial charge >= 0.3 is 0 Å². The molecule has 2 heterocycles. The van der Waals surface area contributed by atoms with Crippen molar-refractivity contribution >= 4 is 17.2 Å². The molecule has 0 aromatic carbocycles. The van der Waals surface area contributed by atoms with Crippen LogP contribution in [0.25, 0.3) is 0 Å². The Labute approximate surface area is 91.2 Å². The zero-order chi connectivity index (χ0) is 10.5. The Hall–Kier alpha value is -1.93. The van der Waals surface area contributed by atoms with E-state index in [0.717, 1.165) is 5.69 Å². The van der Waals surface area contributed by atoms with Crippen molar-refractivity contribution in [2.45, 2.75) is 6.54 Å². The minimum atomic E-state index is 0.549. The van der Waals surface area contributed by atoms with Gasteiger partial charge in [-0.1, -0.05) is 0 Å². The van der Waals surface area contributed by atoms with Crippen LogP contribution in [-0.2, 0) is 6.54 Å². The highest BCUT2D eigenvalue weighted by molar-refractivity contribution is 7.07. The monoisotopic (exact) mass is 216 g/mol. The third-order valence-electron chi connectivity index (χ3n) is 1.85. The molecule has 2 aromatic heterocycles. The van der Waals surface area contributed by atoms with Gasteiger partial charge in [0, 0.05) is 11.6 Å². The first kappa shape index (κ1) is 9.62. The highest BCUT2D eigenvalue weighted by Crippen LogP contribution is 2.11. The zero-order valence-corrected chi connectivity index (χ0v) is 8.66. The molecule has 0 fully saturated rings. The first-order valence-corrected chi connectivity index (χ1v) is 5.30. The predicted octanol–water partition coefficient (Wildman–Crippen LogP) is 2.02. The van der Waals surface area contributed by atoms with Gasteiger partial charge in [-0.3, -0.25) is 0 Å². The molecule has 0 radical (unpaired) electrons. The van der Waals surface area contributed by atoms with Gasteiger partial charge in [0.05, 0.1) is 23.3 Å². The van der Waals surface area contributed by atoms with Gasteiger partial charge in [-0.25, -0.2) is 9.97 Å². The maximum absolute atomic E-state index is 8.83. The first-order chi connectivity index (χ1) is 7.40. The van der Waals surface area contributed by atoms with Crippen LogP contribution in [0.3, 0.4) is 0 Å². The van der Waals surface area contributed by atoms with E-state index in [1.54, 1.807) is 35.2 Å². The maximum Gasteiger partial charge on any atom is 0.144 e. The molecule has 4 nitrogen and oxygen atoms in total. The van der Waals surface area contributed by atoms with Gasteiger partial charge in [-0.2, -0.15) is 5.26 Å². The van der Waals surface area contributed by atoms with Crippen molar-refractivity contribution in [3.05, 3.63) is 40.5 Å². The van der Waals surface area contributed by atoms with Crippen LogP contribution in [-0.4, -0.2) is 9.97 Å². The number of hydrogen-bond acceptors (Lipinski definition) is 5. The van der Waals surface area contributed by atoms with E-state index in [9.17, 15) is 0 Å². The Balaban J connectivity index is 2.08. The van der Waals surface area contributed by atoms with Crippen molar-refractivity contribution in [3.63, 3.8) is 0 Å². The smallest absolute Gasteiger partial charge is 0.144 e. The summed E-state index contributed by atoms with van der Waals surface area (Å²) >= 11 is 1.55. The summed E-state index contributed by atoms with van der Waals surface area (Å²) in [6.07, 6.45) is 1.66. The quantitative estimate of drug-likeness (QED) is 0.852. The molecule has 0 aliphatic rings. The van der Waals surface area contributed by atoms with Gasteiger partial charge in [0.2, 0.25) is 0 Å². The van der Waals surface area contributed by atoms with E-state index in [-0.39, 0.29) is 0 Å². The average Bonchev–Trinajstić information content (AvgIpc) is 2.79. The number of nitrogens with zero attached hydrogens (tertiary/aromatic N) is 3. The molecule has 0 atom stereocenters. The standard InChI is InChI=1S/C10H8N4S/c11-4-8-2-1-3-12-10(8)13-5-9-6-15-7-14-9/h1-3,6-7H,5H2,(H,12,13). The number of nitrogens with one attached hydrogen (secondary N) is 1. The molecule has 5 heteroatoms. The second-order valence-corrected chi connectivity index (χ2v) is 3.56. The lowest BCUT2D eigenvalue weighted by Gasteiger charge is -2.04. The molecular weight excluding hydrogens is 208 g/mol. The number of pyridine rings is 1. The largest absolute Gasteiger partial charge is 0.363 e. The molecule has 74 valence electrons. The fraction of sp³-hybridized carbons (Fsp3) is 0.100. The number of anilines is 1. The molecule has 0 aliphatic carbocycles. The van der Waals surface area contributed by atoms with Gasteiger partial charge in [-0.05, 0) is 12.1 Å². The summed E-state index contributed by atoms with van der Waals surface area (Å²) in [4.78, 5) is 8.22. The SMILES string of the molecule is N#Cc1cccnc1NCc1cscn1. The van der Waals surface area contributed by atoms with Crippen molar-refractivity contribution in [2.75, 3.05) is 5.32 Å². The van der Waals surface area contributed by atoms with E-state index < -0.39 is 0 Å². The number of nitriles is 1. The van der Waals surface area contributed by atoms with Crippen LogP contribution in [0, 0.1) is 11.3 Å². The maximum atomic E-state index is 8.83. The van der Waals surface area contributed by atoms with Crippen molar-refractivity contribution in [1.29, 1.82) is 5.26 Å². The summed E-state index contributed by atoms with van der Waals surface area (Å²) in [5.41, 5.74) is 3.28. The number of thiazole rings is 1. The molecule has 2 rings (SSSR count). The van der Waals surface area contributed by atoms with E-state index in [4.69, 9.17) is 5.26 Å². The normalized spacial score (nSPS) is 9.53. The van der Waals surface area contributed by atoms with Crippen LogP contribution >= 0.6 is 11.3 Å². The summed E-state index contributed by atoms with van der Waals surface area (Å²) < 4.78 is 0. The molecule has 0 bridgehead atoms. The Morgan fingerprint density at radius 2 is 2.40 bits per heavy atom. The zero-order valence-electron chi connectivity index (χ0n) is 7.84. The predicted molar refractivity (Wildman–Crippen MR) is 58.4 cm³/mol. The summed E-state index contributed by atoms with van der Waals surface area (Å²) in [5, 5.41) is 13.9. The number of aromatic nitrogens is 2. The molecule has 0 saturated carbocycles. The lowest BCUT2D eigenvalue weighted by Crippen LogP contribution is -2.03. The van der Waals surface area contributed by atoms with Crippen LogP contribution in [0.5, 0.6) is 0 Å². The lowest BCUT2D eigenvalue weighted by molar-refractivity contribution is 1.05. The molecule has 2 aromatic rings. The average molecular weight is 216 g/mol. The summed E-state index contributed by atoms with van der Waals surface area (Å²) in [6, 6.07) is 5.56. The molecule has 1 N–H and O–H groups in total. The minimum absolute atomic E-state index is 0.549. The molecule has 15 heavy (non-hydrogen) atoms. The van der Waals surface area contributed by atoms with Crippen LogP contribution in [0.15, 0.2) is 29.2 Å². The fourth-order valence-corrected chi connectivity index (χ4v) is 1.69. The highest BCUT2D eigenvalue weighted by Gasteiger charge is 2.01. The topological polar surface area (TPSA) is 61.6 Å². The molecule has 0 amide bonds. The van der Waals surface area contributed by atoms with Crippen LogP contribution in [0.4, 0.5) is 5.82 Å². The molecule has 0 spiro atoms. The minimum Gasteiger partial charge on any atom is -0.363 e. The summed E-state index contributed by atoms with van der Waals surface area (Å²) in [7, 11) is 0. The molecule has 0 unspecified atom stereocenters. The van der Waals surface area contributed by atoms with E-state index in [2.05, 4.69) is 21.4 Å². The van der Waals surface area contributed by atoms with Crippen LogP contribution in [0.2, 0.25) is 0 Å². The molecular formula is C10H8N4S. The van der Waals surface area contributed by atoms with Gasteiger partial charge < -0.3 is 5.32 Å². The number of rotatable bonds is 3. The van der Waals surface area contributed by atoms with E-state index >= 15 is 0 Å². The summed E-state index contributed by atoms with van der Waals surface area (Å²) in [5.74, 6) is 0.605. The Morgan fingerprint density at radius 3 is 3.13 bits per heavy atom. The number of hydrogen-bond donors (Lipinski definition) is 1. The molecule has 0 saturated heterocycles. The van der Waals surface area contributed by atoms with Crippen LogP contribution < -0.4 is 5.32 Å².